The summed E-state index contributed by atoms with van der Waals surface area (Å²) < 4.78 is 21.3. The molecule has 2 aromatic rings. The van der Waals surface area contributed by atoms with E-state index in [0.29, 0.717) is 28.4 Å². The Balaban J connectivity index is 1.95. The molecule has 0 fully saturated rings. The Labute approximate surface area is 134 Å². The molecule has 0 radical (unpaired) electrons. The second-order valence-electron chi connectivity index (χ2n) is 4.89. The number of rotatable bonds is 5. The highest BCUT2D eigenvalue weighted by Crippen LogP contribution is 2.33. The molecule has 118 valence electrons. The van der Waals surface area contributed by atoms with Gasteiger partial charge in [-0.3, -0.25) is 4.79 Å². The summed E-state index contributed by atoms with van der Waals surface area (Å²) in [7, 11) is 3.12. The number of fused-ring (bicyclic) bond motifs is 1. The van der Waals surface area contributed by atoms with Crippen LogP contribution < -0.4 is 14.2 Å². The number of ketones is 1. The van der Waals surface area contributed by atoms with Crippen LogP contribution in [0.3, 0.4) is 0 Å². The molecule has 0 aromatic heterocycles. The van der Waals surface area contributed by atoms with Crippen LogP contribution in [0.15, 0.2) is 48.2 Å². The van der Waals surface area contributed by atoms with E-state index in [1.165, 1.54) is 0 Å². The van der Waals surface area contributed by atoms with Crippen molar-refractivity contribution in [2.24, 2.45) is 0 Å². The molecule has 1 aliphatic heterocycles. The van der Waals surface area contributed by atoms with Gasteiger partial charge < -0.3 is 18.9 Å². The molecule has 0 unspecified atom stereocenters. The van der Waals surface area contributed by atoms with Gasteiger partial charge in [0, 0.05) is 18.7 Å². The lowest BCUT2D eigenvalue weighted by atomic mass is 10.1. The van der Waals surface area contributed by atoms with Crippen LogP contribution in [-0.2, 0) is 4.74 Å². The molecule has 0 aliphatic carbocycles. The van der Waals surface area contributed by atoms with Gasteiger partial charge in [-0.05, 0) is 30.3 Å². The molecule has 23 heavy (non-hydrogen) atoms. The number of carbonyl (C=O) groups is 1. The smallest absolute Gasteiger partial charge is 0.231 e. The highest BCUT2D eigenvalue weighted by Gasteiger charge is 2.26. The third-order valence-electron chi connectivity index (χ3n) is 3.41. The lowest BCUT2D eigenvalue weighted by Gasteiger charge is -2.10. The summed E-state index contributed by atoms with van der Waals surface area (Å²) in [6.07, 6.45) is 1.66. The van der Waals surface area contributed by atoms with Crippen LogP contribution in [0, 0.1) is 0 Å². The number of hydrogen-bond donors (Lipinski definition) is 0. The van der Waals surface area contributed by atoms with Gasteiger partial charge in [0.25, 0.3) is 0 Å². The molecule has 0 N–H and O–H groups in total. The van der Waals surface area contributed by atoms with Crippen LogP contribution in [0.5, 0.6) is 17.2 Å². The highest BCUT2D eigenvalue weighted by atomic mass is 16.7. The van der Waals surface area contributed by atoms with Gasteiger partial charge in [-0.1, -0.05) is 12.1 Å². The SMILES string of the molecule is COCOc1cc(OC)ccc1/C=C1\Oc2ccccc2C1=O. The van der Waals surface area contributed by atoms with Crippen LogP contribution in [-0.4, -0.2) is 26.8 Å². The molecule has 0 amide bonds. The van der Waals surface area contributed by atoms with Gasteiger partial charge in [-0.25, -0.2) is 0 Å². The topological polar surface area (TPSA) is 54.0 Å². The number of methoxy groups -OCH3 is 2. The van der Waals surface area contributed by atoms with Crippen molar-refractivity contribution in [2.75, 3.05) is 21.0 Å². The zero-order valence-electron chi connectivity index (χ0n) is 12.9. The zero-order chi connectivity index (χ0) is 16.2. The van der Waals surface area contributed by atoms with E-state index in [1.54, 1.807) is 50.6 Å². The molecule has 5 heteroatoms. The predicted molar refractivity (Wildman–Crippen MR) is 84.9 cm³/mol. The maximum atomic E-state index is 12.4. The fraction of sp³-hybridized carbons (Fsp3) is 0.167. The molecular formula is C18H16O5. The quantitative estimate of drug-likeness (QED) is 0.626. The van der Waals surface area contributed by atoms with Crippen LogP contribution >= 0.6 is 0 Å². The monoisotopic (exact) mass is 312 g/mol. The van der Waals surface area contributed by atoms with E-state index in [9.17, 15) is 4.79 Å². The van der Waals surface area contributed by atoms with Gasteiger partial charge in [0.2, 0.25) is 5.78 Å². The number of para-hydroxylation sites is 1. The summed E-state index contributed by atoms with van der Waals surface area (Å²) >= 11 is 0. The minimum Gasteiger partial charge on any atom is -0.497 e. The Hall–Kier alpha value is -2.79. The van der Waals surface area contributed by atoms with E-state index in [1.807, 2.05) is 12.1 Å². The van der Waals surface area contributed by atoms with Crippen LogP contribution in [0.25, 0.3) is 6.08 Å². The largest absolute Gasteiger partial charge is 0.497 e. The van der Waals surface area contributed by atoms with Gasteiger partial charge in [0.1, 0.15) is 17.2 Å². The normalized spacial score (nSPS) is 14.5. The average molecular weight is 312 g/mol. The first kappa shape index (κ1) is 15.1. The van der Waals surface area contributed by atoms with E-state index in [4.69, 9.17) is 18.9 Å². The molecule has 1 heterocycles. The maximum absolute atomic E-state index is 12.4. The highest BCUT2D eigenvalue weighted by molar-refractivity contribution is 6.14. The van der Waals surface area contributed by atoms with Crippen molar-refractivity contribution in [1.82, 2.24) is 0 Å². The fourth-order valence-electron chi connectivity index (χ4n) is 2.29. The molecular weight excluding hydrogens is 296 g/mol. The van der Waals surface area contributed by atoms with Gasteiger partial charge in [-0.15, -0.1) is 0 Å². The number of benzene rings is 2. The molecule has 0 spiro atoms. The minimum absolute atomic E-state index is 0.0956. The lowest BCUT2D eigenvalue weighted by molar-refractivity contribution is 0.0508. The molecule has 0 saturated heterocycles. The third kappa shape index (κ3) is 3.05. The third-order valence-corrected chi connectivity index (χ3v) is 3.41. The van der Waals surface area contributed by atoms with Crippen molar-refractivity contribution in [3.8, 4) is 17.2 Å². The van der Waals surface area contributed by atoms with E-state index >= 15 is 0 Å². The minimum atomic E-state index is -0.144. The molecule has 1 aliphatic rings. The van der Waals surface area contributed by atoms with Gasteiger partial charge in [-0.2, -0.15) is 0 Å². The lowest BCUT2D eigenvalue weighted by Crippen LogP contribution is -2.02. The van der Waals surface area contributed by atoms with Crippen molar-refractivity contribution >= 4 is 11.9 Å². The first-order chi connectivity index (χ1) is 11.2. The summed E-state index contributed by atoms with van der Waals surface area (Å²) in [5, 5.41) is 0. The van der Waals surface area contributed by atoms with Crippen LogP contribution in [0.1, 0.15) is 15.9 Å². The number of allylic oxidation sites excluding steroid dienone is 1. The number of ether oxygens (including phenoxy) is 4. The van der Waals surface area contributed by atoms with E-state index in [0.717, 1.165) is 0 Å². The standard InChI is InChI=1S/C18H16O5/c1-20-11-22-16-10-13(21-2)8-7-12(16)9-17-18(19)14-5-3-4-6-15(14)23-17/h3-10H,11H2,1-2H3/b17-9-. The first-order valence-electron chi connectivity index (χ1n) is 7.06. The molecule has 3 rings (SSSR count). The van der Waals surface area contributed by atoms with E-state index in [2.05, 4.69) is 0 Å². The summed E-state index contributed by atoms with van der Waals surface area (Å²) in [5.74, 6) is 1.88. The fourth-order valence-corrected chi connectivity index (χ4v) is 2.29. The number of Topliss-reactive ketones (excluding diaryl/α,β-unsaturated/α-hetero) is 1. The predicted octanol–water partition coefficient (Wildman–Crippen LogP) is 3.29. The Morgan fingerprint density at radius 3 is 2.70 bits per heavy atom. The molecule has 2 aromatic carbocycles. The van der Waals surface area contributed by atoms with Crippen LogP contribution in [0.4, 0.5) is 0 Å². The molecule has 0 bridgehead atoms. The Morgan fingerprint density at radius 2 is 1.96 bits per heavy atom. The Kier molecular flexibility index (Phi) is 4.30. The number of hydrogen-bond acceptors (Lipinski definition) is 5. The molecule has 5 nitrogen and oxygen atoms in total. The first-order valence-corrected chi connectivity index (χ1v) is 7.06. The summed E-state index contributed by atoms with van der Waals surface area (Å²) in [6, 6.07) is 12.5. The van der Waals surface area contributed by atoms with Crippen molar-refractivity contribution in [3.05, 3.63) is 59.4 Å². The second-order valence-corrected chi connectivity index (χ2v) is 4.89. The van der Waals surface area contributed by atoms with Gasteiger partial charge in [0.05, 0.1) is 12.7 Å². The van der Waals surface area contributed by atoms with Crippen molar-refractivity contribution in [2.45, 2.75) is 0 Å². The Morgan fingerprint density at radius 1 is 1.13 bits per heavy atom. The van der Waals surface area contributed by atoms with E-state index in [-0.39, 0.29) is 18.3 Å². The van der Waals surface area contributed by atoms with Gasteiger partial charge >= 0.3 is 0 Å². The maximum Gasteiger partial charge on any atom is 0.231 e. The van der Waals surface area contributed by atoms with Crippen molar-refractivity contribution < 1.29 is 23.7 Å². The zero-order valence-corrected chi connectivity index (χ0v) is 12.9. The summed E-state index contributed by atoms with van der Waals surface area (Å²) in [6.45, 7) is 0.0956. The molecule has 0 atom stereocenters. The second kappa shape index (κ2) is 6.54. The number of carbonyl (C=O) groups excluding carboxylic acids is 1. The Bertz CT molecular complexity index is 764. The van der Waals surface area contributed by atoms with E-state index < -0.39 is 0 Å². The van der Waals surface area contributed by atoms with Crippen LogP contribution in [0.2, 0.25) is 0 Å². The average Bonchev–Trinajstić information content (AvgIpc) is 2.90. The summed E-state index contributed by atoms with van der Waals surface area (Å²) in [5.41, 5.74) is 1.27. The van der Waals surface area contributed by atoms with Gasteiger partial charge in [0.15, 0.2) is 12.6 Å². The van der Waals surface area contributed by atoms with Crippen molar-refractivity contribution in [1.29, 1.82) is 0 Å². The summed E-state index contributed by atoms with van der Waals surface area (Å²) in [4.78, 5) is 12.4. The van der Waals surface area contributed by atoms with Crippen molar-refractivity contribution in [3.63, 3.8) is 0 Å². The molecule has 0 saturated carbocycles.